The smallest absolute Gasteiger partial charge is 0.119 e. The molecule has 0 fully saturated rings. The molecule has 0 amide bonds. The van der Waals surface area contributed by atoms with E-state index in [4.69, 9.17) is 16.3 Å². The fraction of sp³-hybridized carbons (Fsp3) is 0.368. The highest BCUT2D eigenvalue weighted by Gasteiger charge is 2.24. The molecule has 1 nitrogen and oxygen atoms in total. The SMILES string of the molecule is C[Si](C)C(C)(C)COc1ccc(Cc2cc(Br)ccc2Cl)cc1. The second-order valence-electron chi connectivity index (χ2n) is 6.73. The molecule has 0 bridgehead atoms. The summed E-state index contributed by atoms with van der Waals surface area (Å²) in [4.78, 5) is 0. The molecule has 0 saturated heterocycles. The van der Waals surface area contributed by atoms with Crippen molar-refractivity contribution in [1.29, 1.82) is 0 Å². The van der Waals surface area contributed by atoms with Crippen molar-refractivity contribution in [1.82, 2.24) is 0 Å². The number of ether oxygens (including phenoxy) is 1. The largest absolute Gasteiger partial charge is 0.493 e. The lowest BCUT2D eigenvalue weighted by Gasteiger charge is -2.27. The third-order valence-corrected chi connectivity index (χ3v) is 7.99. The number of rotatable bonds is 6. The van der Waals surface area contributed by atoms with Crippen molar-refractivity contribution in [3.05, 3.63) is 63.1 Å². The van der Waals surface area contributed by atoms with E-state index in [9.17, 15) is 0 Å². The fourth-order valence-corrected chi connectivity index (χ4v) is 2.96. The van der Waals surface area contributed by atoms with Gasteiger partial charge in [0.25, 0.3) is 0 Å². The number of halogens is 2. The van der Waals surface area contributed by atoms with E-state index < -0.39 is 0 Å². The van der Waals surface area contributed by atoms with Gasteiger partial charge >= 0.3 is 0 Å². The van der Waals surface area contributed by atoms with Crippen LogP contribution in [-0.4, -0.2) is 15.4 Å². The summed E-state index contributed by atoms with van der Waals surface area (Å²) in [5, 5.41) is 1.07. The molecule has 0 atom stereocenters. The Morgan fingerprint density at radius 3 is 2.35 bits per heavy atom. The van der Waals surface area contributed by atoms with Crippen LogP contribution in [0.25, 0.3) is 0 Å². The average molecular weight is 411 g/mol. The van der Waals surface area contributed by atoms with Gasteiger partial charge in [0.05, 0.1) is 15.4 Å². The van der Waals surface area contributed by atoms with E-state index in [1.165, 1.54) is 5.56 Å². The standard InChI is InChI=1S/C19H23BrClOSi/c1-19(2,23(3)4)13-22-17-8-5-14(6-9-17)11-15-12-16(20)7-10-18(15)21/h5-10,12H,11,13H2,1-4H3. The van der Waals surface area contributed by atoms with Gasteiger partial charge in [-0.15, -0.1) is 0 Å². The van der Waals surface area contributed by atoms with Gasteiger partial charge in [-0.3, -0.25) is 0 Å². The van der Waals surface area contributed by atoms with E-state index in [2.05, 4.69) is 73.2 Å². The quantitative estimate of drug-likeness (QED) is 0.487. The van der Waals surface area contributed by atoms with Crippen molar-refractivity contribution in [3.63, 3.8) is 0 Å². The zero-order chi connectivity index (χ0) is 17.0. The Kier molecular flexibility index (Phi) is 6.35. The van der Waals surface area contributed by atoms with Gasteiger partial charge in [0.2, 0.25) is 0 Å². The fourth-order valence-electron chi connectivity index (χ4n) is 2.01. The van der Waals surface area contributed by atoms with Gasteiger partial charge in [0, 0.05) is 9.50 Å². The molecule has 123 valence electrons. The maximum atomic E-state index is 6.26. The second kappa shape index (κ2) is 7.87. The Morgan fingerprint density at radius 1 is 1.09 bits per heavy atom. The highest BCUT2D eigenvalue weighted by molar-refractivity contribution is 9.10. The van der Waals surface area contributed by atoms with Crippen molar-refractivity contribution < 1.29 is 4.74 Å². The molecule has 0 spiro atoms. The molecule has 1 radical (unpaired) electrons. The summed E-state index contributed by atoms with van der Waals surface area (Å²) >= 11 is 9.76. The van der Waals surface area contributed by atoms with Crippen LogP contribution in [0.15, 0.2) is 46.9 Å². The highest BCUT2D eigenvalue weighted by atomic mass is 79.9. The van der Waals surface area contributed by atoms with Crippen LogP contribution in [0.4, 0.5) is 0 Å². The molecule has 2 aromatic rings. The predicted octanol–water partition coefficient (Wildman–Crippen LogP) is 6.61. The summed E-state index contributed by atoms with van der Waals surface area (Å²) in [5.41, 5.74) is 2.35. The summed E-state index contributed by atoms with van der Waals surface area (Å²) in [6.45, 7) is 10.00. The molecule has 0 aliphatic heterocycles. The van der Waals surface area contributed by atoms with E-state index in [1.54, 1.807) is 0 Å². The van der Waals surface area contributed by atoms with Crippen molar-refractivity contribution in [2.45, 2.75) is 38.4 Å². The van der Waals surface area contributed by atoms with Gasteiger partial charge in [-0.1, -0.05) is 66.6 Å². The van der Waals surface area contributed by atoms with E-state index in [-0.39, 0.29) is 13.8 Å². The van der Waals surface area contributed by atoms with E-state index >= 15 is 0 Å². The molecule has 0 unspecified atom stereocenters. The first-order chi connectivity index (χ1) is 10.8. The van der Waals surface area contributed by atoms with Gasteiger partial charge in [-0.2, -0.15) is 0 Å². The van der Waals surface area contributed by atoms with Crippen LogP contribution in [-0.2, 0) is 6.42 Å². The van der Waals surface area contributed by atoms with Gasteiger partial charge in [-0.25, -0.2) is 0 Å². The molecule has 0 aliphatic rings. The van der Waals surface area contributed by atoms with Gasteiger partial charge < -0.3 is 4.74 Å². The maximum Gasteiger partial charge on any atom is 0.119 e. The van der Waals surface area contributed by atoms with Crippen molar-refractivity contribution in [2.24, 2.45) is 0 Å². The third-order valence-electron chi connectivity index (χ3n) is 4.28. The summed E-state index contributed by atoms with van der Waals surface area (Å²) < 4.78 is 7.02. The number of benzene rings is 2. The molecule has 0 heterocycles. The molecule has 0 aliphatic carbocycles. The molecular weight excluding hydrogens is 388 g/mol. The first-order valence-corrected chi connectivity index (χ1v) is 11.4. The first kappa shape index (κ1) is 18.6. The monoisotopic (exact) mass is 409 g/mol. The Hall–Kier alpha value is -0.773. The lowest BCUT2D eigenvalue weighted by atomic mass is 10.0. The van der Waals surface area contributed by atoms with Crippen LogP contribution >= 0.6 is 27.5 Å². The van der Waals surface area contributed by atoms with Crippen molar-refractivity contribution in [3.8, 4) is 5.75 Å². The van der Waals surface area contributed by atoms with Crippen molar-refractivity contribution >= 4 is 36.3 Å². The Morgan fingerprint density at radius 2 is 1.74 bits per heavy atom. The predicted molar refractivity (Wildman–Crippen MR) is 105 cm³/mol. The molecule has 2 aromatic carbocycles. The molecule has 23 heavy (non-hydrogen) atoms. The van der Waals surface area contributed by atoms with Crippen LogP contribution in [0.3, 0.4) is 0 Å². The minimum absolute atomic E-state index is 0.271. The zero-order valence-electron chi connectivity index (χ0n) is 14.1. The van der Waals surface area contributed by atoms with E-state index in [0.717, 1.165) is 33.8 Å². The Balaban J connectivity index is 2.01. The van der Waals surface area contributed by atoms with E-state index in [0.29, 0.717) is 0 Å². The molecule has 0 N–H and O–H groups in total. The summed E-state index contributed by atoms with van der Waals surface area (Å²) in [5.74, 6) is 0.936. The average Bonchev–Trinajstić information content (AvgIpc) is 2.50. The number of hydrogen-bond acceptors (Lipinski definition) is 1. The highest BCUT2D eigenvalue weighted by Crippen LogP contribution is 2.29. The zero-order valence-corrected chi connectivity index (χ0v) is 17.5. The Labute approximate surface area is 154 Å². The molecule has 2 rings (SSSR count). The van der Waals surface area contributed by atoms with Crippen LogP contribution < -0.4 is 4.74 Å². The van der Waals surface area contributed by atoms with Crippen LogP contribution in [0.1, 0.15) is 25.0 Å². The molecule has 4 heteroatoms. The lowest BCUT2D eigenvalue weighted by Crippen LogP contribution is -2.27. The Bertz CT molecular complexity index is 653. The van der Waals surface area contributed by atoms with Crippen LogP contribution in [0.2, 0.25) is 23.2 Å². The maximum absolute atomic E-state index is 6.26. The lowest BCUT2D eigenvalue weighted by molar-refractivity contribution is 0.276. The summed E-state index contributed by atoms with van der Waals surface area (Å²) in [6, 6.07) is 14.3. The normalized spacial score (nSPS) is 11.8. The van der Waals surface area contributed by atoms with Gasteiger partial charge in [-0.05, 0) is 52.9 Å². The minimum Gasteiger partial charge on any atom is -0.493 e. The van der Waals surface area contributed by atoms with Gasteiger partial charge in [0.1, 0.15) is 5.75 Å². The third kappa shape index (κ3) is 5.37. The van der Waals surface area contributed by atoms with Crippen molar-refractivity contribution in [2.75, 3.05) is 6.61 Å². The topological polar surface area (TPSA) is 9.23 Å². The summed E-state index contributed by atoms with van der Waals surface area (Å²) in [6.07, 6.45) is 0.821. The first-order valence-electron chi connectivity index (χ1n) is 7.74. The molecule has 0 aromatic heterocycles. The molecular formula is C19H23BrClOSi. The van der Waals surface area contributed by atoms with Gasteiger partial charge in [0.15, 0.2) is 0 Å². The second-order valence-corrected chi connectivity index (χ2v) is 11.4. The van der Waals surface area contributed by atoms with Crippen LogP contribution in [0, 0.1) is 0 Å². The minimum atomic E-state index is -0.382. The van der Waals surface area contributed by atoms with E-state index in [1.807, 2.05) is 12.1 Å². The molecule has 0 saturated carbocycles. The number of hydrogen-bond donors (Lipinski definition) is 0. The summed E-state index contributed by atoms with van der Waals surface area (Å²) in [7, 11) is -0.382. The van der Waals surface area contributed by atoms with Crippen LogP contribution in [0.5, 0.6) is 5.75 Å².